The van der Waals surface area contributed by atoms with Crippen LogP contribution < -0.4 is 5.73 Å². The molecule has 0 aliphatic heterocycles. The van der Waals surface area contributed by atoms with Crippen LogP contribution in [0.1, 0.15) is 17.6 Å². The van der Waals surface area contributed by atoms with Crippen molar-refractivity contribution in [2.45, 2.75) is 30.5 Å². The van der Waals surface area contributed by atoms with Crippen molar-refractivity contribution in [1.29, 1.82) is 0 Å². The number of anilines is 1. The number of aliphatic hydroxyl groups is 2. The molecule has 0 unspecified atom stereocenters. The number of rotatable bonds is 12. The van der Waals surface area contributed by atoms with Crippen LogP contribution in [-0.4, -0.2) is 86.9 Å². The third kappa shape index (κ3) is 5.39. The standard InChI is InChI=1S/C22H22ClN9O6/c1-2-14(34)18(32-11-25-15-16(24)26-21(23)27-17(15)32)38-13(9-33)10-37-22(20(35)36,19-28-30-31-29-19)8-12-6-4-3-5-7-12/h1,3-7,11,13-14,18,33-34H,8-10H2,(H,35,36)(H2,24,26,27)(H,28,29,30,31)/t13-,14+,18+,22+/m0/s1. The number of imidazole rings is 1. The quantitative estimate of drug-likeness (QED) is 0.114. The van der Waals surface area contributed by atoms with E-state index in [1.54, 1.807) is 30.3 Å². The SMILES string of the molecule is C#C[C@@H](O)[C@@H](O[C@@H](CO)CO[C@@](Cc1ccccc1)(C(=O)O)c1nn[nH]n1)n1cnc2c(N)nc(Cl)nc21. The molecule has 0 radical (unpaired) electrons. The maximum absolute atomic E-state index is 12.5. The van der Waals surface area contributed by atoms with Crippen molar-refractivity contribution in [3.8, 4) is 12.3 Å². The van der Waals surface area contributed by atoms with E-state index in [4.69, 9.17) is 33.2 Å². The van der Waals surface area contributed by atoms with Gasteiger partial charge in [0, 0.05) is 6.42 Å². The van der Waals surface area contributed by atoms with Gasteiger partial charge in [-0.05, 0) is 17.2 Å². The molecule has 6 N–H and O–H groups in total. The lowest BCUT2D eigenvalue weighted by molar-refractivity contribution is -0.186. The minimum absolute atomic E-state index is 0.0120. The lowest BCUT2D eigenvalue weighted by Gasteiger charge is -2.31. The van der Waals surface area contributed by atoms with E-state index in [2.05, 4.69) is 41.5 Å². The van der Waals surface area contributed by atoms with Gasteiger partial charge in [-0.2, -0.15) is 15.2 Å². The zero-order chi connectivity index (χ0) is 27.3. The second kappa shape index (κ2) is 11.5. The molecule has 1 aromatic carbocycles. The molecule has 0 fully saturated rings. The number of hydrogen-bond donors (Lipinski definition) is 5. The molecule has 0 saturated carbocycles. The number of carboxylic acid groups (broad SMARTS) is 1. The minimum Gasteiger partial charge on any atom is -0.479 e. The number of terminal acetylenes is 1. The van der Waals surface area contributed by atoms with E-state index in [1.165, 1.54) is 10.9 Å². The van der Waals surface area contributed by atoms with Crippen LogP contribution in [0, 0.1) is 12.3 Å². The fourth-order valence-corrected chi connectivity index (χ4v) is 3.85. The van der Waals surface area contributed by atoms with Crippen molar-refractivity contribution >= 4 is 34.6 Å². The summed E-state index contributed by atoms with van der Waals surface area (Å²) in [6.07, 6.45) is 2.42. The van der Waals surface area contributed by atoms with E-state index in [1.807, 2.05) is 0 Å². The summed E-state index contributed by atoms with van der Waals surface area (Å²) in [6.45, 7) is -1.13. The van der Waals surface area contributed by atoms with Gasteiger partial charge < -0.3 is 30.5 Å². The summed E-state index contributed by atoms with van der Waals surface area (Å²) in [5.41, 5.74) is 4.65. The number of hydrogen-bond acceptors (Lipinski definition) is 12. The number of nitrogens with two attached hydrogens (primary N) is 1. The molecule has 3 heterocycles. The van der Waals surface area contributed by atoms with Gasteiger partial charge in [0.2, 0.25) is 16.7 Å². The predicted octanol–water partition coefficient (Wildman–Crippen LogP) is -0.315. The third-order valence-electron chi connectivity index (χ3n) is 5.54. The number of aliphatic hydroxyl groups excluding tert-OH is 2. The molecule has 16 heteroatoms. The number of halogens is 1. The van der Waals surface area contributed by atoms with Crippen LogP contribution >= 0.6 is 11.6 Å². The number of carbonyl (C=O) groups is 1. The summed E-state index contributed by atoms with van der Waals surface area (Å²) in [7, 11) is 0. The Morgan fingerprint density at radius 2 is 2.08 bits per heavy atom. The Hall–Kier alpha value is -4.20. The average Bonchev–Trinajstić information content (AvgIpc) is 3.59. The fourth-order valence-electron chi connectivity index (χ4n) is 3.68. The highest BCUT2D eigenvalue weighted by molar-refractivity contribution is 6.28. The number of benzene rings is 1. The Balaban J connectivity index is 1.63. The zero-order valence-corrected chi connectivity index (χ0v) is 20.3. The van der Waals surface area contributed by atoms with Crippen LogP contribution in [0.4, 0.5) is 5.82 Å². The molecule has 4 rings (SSSR count). The molecule has 0 saturated heterocycles. The molecule has 0 amide bonds. The van der Waals surface area contributed by atoms with Crippen molar-refractivity contribution in [1.82, 2.24) is 40.1 Å². The number of aromatic amines is 1. The van der Waals surface area contributed by atoms with Crippen molar-refractivity contribution < 1.29 is 29.6 Å². The summed E-state index contributed by atoms with van der Waals surface area (Å²) in [4.78, 5) is 24.5. The van der Waals surface area contributed by atoms with Crippen LogP contribution in [-0.2, 0) is 26.3 Å². The first kappa shape index (κ1) is 26.9. The molecular weight excluding hydrogens is 522 g/mol. The van der Waals surface area contributed by atoms with Gasteiger partial charge in [0.15, 0.2) is 23.8 Å². The molecule has 3 aromatic heterocycles. The summed E-state index contributed by atoms with van der Waals surface area (Å²) in [5.74, 6) is 0.492. The number of ether oxygens (including phenoxy) is 2. The first-order valence-electron chi connectivity index (χ1n) is 11.0. The highest BCUT2D eigenvalue weighted by Gasteiger charge is 2.47. The van der Waals surface area contributed by atoms with Crippen LogP contribution in [0.5, 0.6) is 0 Å². The highest BCUT2D eigenvalue weighted by atomic mass is 35.5. The summed E-state index contributed by atoms with van der Waals surface area (Å²) in [5, 5.41) is 44.0. The first-order chi connectivity index (χ1) is 18.3. The number of fused-ring (bicyclic) bond motifs is 1. The number of H-pyrrole nitrogens is 1. The third-order valence-corrected chi connectivity index (χ3v) is 5.70. The van der Waals surface area contributed by atoms with E-state index < -0.39 is 43.2 Å². The highest BCUT2D eigenvalue weighted by Crippen LogP contribution is 2.30. The Kier molecular flexibility index (Phi) is 8.10. The summed E-state index contributed by atoms with van der Waals surface area (Å²) < 4.78 is 13.0. The first-order valence-corrected chi connectivity index (χ1v) is 11.4. The Morgan fingerprint density at radius 1 is 1.32 bits per heavy atom. The van der Waals surface area contributed by atoms with Gasteiger partial charge in [0.05, 0.1) is 19.5 Å². The van der Waals surface area contributed by atoms with Crippen LogP contribution in [0.2, 0.25) is 5.28 Å². The molecule has 198 valence electrons. The van der Waals surface area contributed by atoms with Gasteiger partial charge in [-0.25, -0.2) is 9.78 Å². The molecule has 15 nitrogen and oxygen atoms in total. The minimum atomic E-state index is -2.09. The number of aliphatic carboxylic acids is 1. The fraction of sp³-hybridized carbons (Fsp3) is 0.318. The van der Waals surface area contributed by atoms with Crippen molar-refractivity contribution in [2.75, 3.05) is 18.9 Å². The van der Waals surface area contributed by atoms with Gasteiger partial charge in [-0.15, -0.1) is 16.6 Å². The van der Waals surface area contributed by atoms with Gasteiger partial charge in [-0.3, -0.25) is 4.57 Å². The number of nitrogens with one attached hydrogen (secondary N) is 1. The van der Waals surface area contributed by atoms with E-state index in [9.17, 15) is 20.1 Å². The normalized spacial score (nSPS) is 15.4. The summed E-state index contributed by atoms with van der Waals surface area (Å²) in [6, 6.07) is 8.68. The largest absolute Gasteiger partial charge is 0.479 e. The van der Waals surface area contributed by atoms with Crippen LogP contribution in [0.3, 0.4) is 0 Å². The Bertz CT molecular complexity index is 1430. The van der Waals surface area contributed by atoms with Crippen molar-refractivity contribution in [3.05, 3.63) is 53.3 Å². The van der Waals surface area contributed by atoms with Gasteiger partial charge in [-0.1, -0.05) is 41.5 Å². The maximum atomic E-state index is 12.5. The monoisotopic (exact) mass is 543 g/mol. The lowest BCUT2D eigenvalue weighted by Crippen LogP contribution is -2.45. The van der Waals surface area contributed by atoms with E-state index in [-0.39, 0.29) is 34.5 Å². The topological polar surface area (TPSA) is 220 Å². The van der Waals surface area contributed by atoms with E-state index in [0.29, 0.717) is 5.56 Å². The lowest BCUT2D eigenvalue weighted by atomic mass is 9.93. The molecule has 0 bridgehead atoms. The van der Waals surface area contributed by atoms with Gasteiger partial charge >= 0.3 is 5.97 Å². The average molecular weight is 544 g/mol. The number of nitrogens with zero attached hydrogens (tertiary/aromatic N) is 7. The zero-order valence-electron chi connectivity index (χ0n) is 19.5. The van der Waals surface area contributed by atoms with Crippen LogP contribution in [0.25, 0.3) is 11.2 Å². The number of aromatic nitrogens is 8. The van der Waals surface area contributed by atoms with Gasteiger partial charge in [0.25, 0.3) is 0 Å². The molecule has 0 aliphatic carbocycles. The second-order valence-electron chi connectivity index (χ2n) is 7.99. The number of nitrogen functional groups attached to an aromatic ring is 1. The molecule has 38 heavy (non-hydrogen) atoms. The molecular formula is C22H22ClN9O6. The number of tetrazole rings is 1. The number of carboxylic acids is 1. The van der Waals surface area contributed by atoms with Crippen LogP contribution in [0.15, 0.2) is 36.7 Å². The summed E-state index contributed by atoms with van der Waals surface area (Å²) >= 11 is 5.93. The smallest absolute Gasteiger partial charge is 0.344 e. The van der Waals surface area contributed by atoms with Crippen molar-refractivity contribution in [3.63, 3.8) is 0 Å². The molecule has 0 aliphatic rings. The van der Waals surface area contributed by atoms with Crippen molar-refractivity contribution in [2.24, 2.45) is 0 Å². The van der Waals surface area contributed by atoms with Gasteiger partial charge in [0.1, 0.15) is 11.6 Å². The predicted molar refractivity (Wildman–Crippen MR) is 130 cm³/mol. The Morgan fingerprint density at radius 3 is 2.71 bits per heavy atom. The van der Waals surface area contributed by atoms with E-state index >= 15 is 0 Å². The molecule has 0 spiro atoms. The molecule has 4 atom stereocenters. The second-order valence-corrected chi connectivity index (χ2v) is 8.32. The maximum Gasteiger partial charge on any atom is 0.344 e. The Labute approximate surface area is 219 Å². The molecule has 4 aromatic rings. The van der Waals surface area contributed by atoms with E-state index in [0.717, 1.165) is 0 Å².